The molecule has 1 N–H and O–H groups in total. The Kier molecular flexibility index (Phi) is 3.93. The maximum atomic E-state index is 3.73. The highest BCUT2D eigenvalue weighted by Gasteiger charge is 2.19. The Morgan fingerprint density at radius 2 is 2.12 bits per heavy atom. The summed E-state index contributed by atoms with van der Waals surface area (Å²) in [5, 5.41) is 3.73. The van der Waals surface area contributed by atoms with Crippen LogP contribution in [0.3, 0.4) is 0 Å². The van der Waals surface area contributed by atoms with E-state index in [1.807, 2.05) is 0 Å². The first kappa shape index (κ1) is 12.0. The molecule has 0 saturated carbocycles. The highest BCUT2D eigenvalue weighted by Crippen LogP contribution is 2.26. The highest BCUT2D eigenvalue weighted by atomic mass is 32.2. The smallest absolute Gasteiger partial charge is 0.0416 e. The molecular formula is C14H21NS. The summed E-state index contributed by atoms with van der Waals surface area (Å²) < 4.78 is 0. The van der Waals surface area contributed by atoms with E-state index in [2.05, 4.69) is 56.0 Å². The van der Waals surface area contributed by atoms with E-state index in [1.165, 1.54) is 34.6 Å². The lowest BCUT2D eigenvalue weighted by atomic mass is 9.99. The van der Waals surface area contributed by atoms with Gasteiger partial charge in [0.25, 0.3) is 0 Å². The van der Waals surface area contributed by atoms with Crippen LogP contribution in [-0.2, 0) is 0 Å². The fourth-order valence-corrected chi connectivity index (χ4v) is 3.53. The first-order valence-electron chi connectivity index (χ1n) is 6.08. The third kappa shape index (κ3) is 2.80. The van der Waals surface area contributed by atoms with Crippen LogP contribution in [0, 0.1) is 13.8 Å². The van der Waals surface area contributed by atoms with Crippen molar-refractivity contribution < 1.29 is 0 Å². The van der Waals surface area contributed by atoms with Crippen LogP contribution in [0.5, 0.6) is 0 Å². The first-order valence-corrected chi connectivity index (χ1v) is 7.23. The number of hydrogen-bond acceptors (Lipinski definition) is 2. The van der Waals surface area contributed by atoms with Crippen LogP contribution >= 0.6 is 11.8 Å². The summed E-state index contributed by atoms with van der Waals surface area (Å²) in [6.45, 7) is 6.68. The molecule has 0 radical (unpaired) electrons. The fourth-order valence-electron chi connectivity index (χ4n) is 2.33. The molecule has 2 heteroatoms. The number of nitrogens with one attached hydrogen (secondary N) is 1. The zero-order chi connectivity index (χ0) is 11.5. The molecule has 1 aliphatic heterocycles. The number of rotatable bonds is 1. The fraction of sp³-hybridized carbons (Fsp3) is 0.571. The molecule has 1 saturated heterocycles. The zero-order valence-corrected chi connectivity index (χ0v) is 11.2. The van der Waals surface area contributed by atoms with Crippen LogP contribution in [0.15, 0.2) is 18.2 Å². The number of aryl methyl sites for hydroxylation is 2. The predicted octanol–water partition coefficient (Wildman–Crippen LogP) is 3.46. The van der Waals surface area contributed by atoms with Gasteiger partial charge in [-0.15, -0.1) is 0 Å². The van der Waals surface area contributed by atoms with Crippen LogP contribution in [0.1, 0.15) is 36.1 Å². The number of hydrogen-bond donors (Lipinski definition) is 1. The molecule has 1 nitrogen and oxygen atoms in total. The Hall–Kier alpha value is -0.470. The second kappa shape index (κ2) is 5.24. The molecule has 16 heavy (non-hydrogen) atoms. The molecular weight excluding hydrogens is 214 g/mol. The quantitative estimate of drug-likeness (QED) is 0.800. The van der Waals surface area contributed by atoms with E-state index in [0.29, 0.717) is 12.1 Å². The van der Waals surface area contributed by atoms with E-state index in [0.717, 1.165) is 0 Å². The third-order valence-electron chi connectivity index (χ3n) is 3.27. The topological polar surface area (TPSA) is 12.0 Å². The number of thioether (sulfide) groups is 1. The predicted molar refractivity (Wildman–Crippen MR) is 73.2 cm³/mol. The number of benzene rings is 1. The summed E-state index contributed by atoms with van der Waals surface area (Å²) >= 11 is 2.07. The Labute approximate surface area is 103 Å². The minimum Gasteiger partial charge on any atom is -0.307 e. The Balaban J connectivity index is 2.21. The second-order valence-corrected chi connectivity index (χ2v) is 5.99. The van der Waals surface area contributed by atoms with Gasteiger partial charge in [0.05, 0.1) is 0 Å². The van der Waals surface area contributed by atoms with Crippen LogP contribution in [0.2, 0.25) is 0 Å². The van der Waals surface area contributed by atoms with Crippen molar-refractivity contribution in [1.82, 2.24) is 5.32 Å². The molecule has 0 aliphatic carbocycles. The van der Waals surface area contributed by atoms with Crippen LogP contribution in [0.4, 0.5) is 0 Å². The van der Waals surface area contributed by atoms with E-state index >= 15 is 0 Å². The van der Waals surface area contributed by atoms with Gasteiger partial charge < -0.3 is 5.32 Å². The van der Waals surface area contributed by atoms with Crippen LogP contribution < -0.4 is 5.32 Å². The van der Waals surface area contributed by atoms with Crippen LogP contribution in [-0.4, -0.2) is 17.5 Å². The monoisotopic (exact) mass is 235 g/mol. The Bertz CT molecular complexity index is 362. The summed E-state index contributed by atoms with van der Waals surface area (Å²) in [4.78, 5) is 0. The first-order chi connectivity index (χ1) is 7.66. The van der Waals surface area contributed by atoms with Gasteiger partial charge in [-0.3, -0.25) is 0 Å². The van der Waals surface area contributed by atoms with Gasteiger partial charge in [0.15, 0.2) is 0 Å². The molecule has 2 rings (SSSR count). The molecule has 2 atom stereocenters. The van der Waals surface area contributed by atoms with Crippen molar-refractivity contribution >= 4 is 11.8 Å². The zero-order valence-electron chi connectivity index (χ0n) is 10.4. The van der Waals surface area contributed by atoms with Gasteiger partial charge in [-0.1, -0.05) is 23.8 Å². The molecule has 0 bridgehead atoms. The standard InChI is InChI=1S/C14H21NS/c1-10-4-5-13(11(2)8-10)14-9-16-7-6-12(3)15-14/h4-5,8,12,14-15H,6-7,9H2,1-3H3. The van der Waals surface area contributed by atoms with Gasteiger partial charge in [-0.25, -0.2) is 0 Å². The van der Waals surface area contributed by atoms with Gasteiger partial charge in [0, 0.05) is 17.8 Å². The molecule has 1 aliphatic rings. The Morgan fingerprint density at radius 1 is 1.31 bits per heavy atom. The molecule has 1 fully saturated rings. The summed E-state index contributed by atoms with van der Waals surface area (Å²) in [6, 6.07) is 7.98. The van der Waals surface area contributed by atoms with Gasteiger partial charge in [-0.05, 0) is 44.1 Å². The van der Waals surface area contributed by atoms with Crippen molar-refractivity contribution in [2.24, 2.45) is 0 Å². The van der Waals surface area contributed by atoms with Gasteiger partial charge >= 0.3 is 0 Å². The van der Waals surface area contributed by atoms with E-state index in [4.69, 9.17) is 0 Å². The molecule has 0 aromatic heterocycles. The van der Waals surface area contributed by atoms with E-state index in [1.54, 1.807) is 0 Å². The van der Waals surface area contributed by atoms with Crippen molar-refractivity contribution in [3.63, 3.8) is 0 Å². The van der Waals surface area contributed by atoms with Crippen molar-refractivity contribution in [1.29, 1.82) is 0 Å². The molecule has 1 aromatic carbocycles. The van der Waals surface area contributed by atoms with E-state index < -0.39 is 0 Å². The lowest BCUT2D eigenvalue weighted by Gasteiger charge is -2.21. The summed E-state index contributed by atoms with van der Waals surface area (Å²) in [7, 11) is 0. The van der Waals surface area contributed by atoms with Crippen molar-refractivity contribution in [3.05, 3.63) is 34.9 Å². The lowest BCUT2D eigenvalue weighted by molar-refractivity contribution is 0.483. The minimum absolute atomic E-state index is 0.531. The van der Waals surface area contributed by atoms with Gasteiger partial charge in [0.2, 0.25) is 0 Å². The SMILES string of the molecule is Cc1ccc(C2CSCCC(C)N2)c(C)c1. The molecule has 0 amide bonds. The maximum Gasteiger partial charge on any atom is 0.0416 e. The third-order valence-corrected chi connectivity index (χ3v) is 4.36. The molecule has 0 spiro atoms. The maximum absolute atomic E-state index is 3.73. The minimum atomic E-state index is 0.531. The van der Waals surface area contributed by atoms with E-state index in [-0.39, 0.29) is 0 Å². The van der Waals surface area contributed by atoms with Crippen LogP contribution in [0.25, 0.3) is 0 Å². The molecule has 1 heterocycles. The van der Waals surface area contributed by atoms with Crippen molar-refractivity contribution in [2.75, 3.05) is 11.5 Å². The summed E-state index contributed by atoms with van der Waals surface area (Å²) in [6.07, 6.45) is 1.28. The summed E-state index contributed by atoms with van der Waals surface area (Å²) in [5.74, 6) is 2.49. The largest absolute Gasteiger partial charge is 0.307 e. The molecule has 88 valence electrons. The van der Waals surface area contributed by atoms with Crippen molar-refractivity contribution in [2.45, 2.75) is 39.3 Å². The average Bonchev–Trinajstić information content (AvgIpc) is 2.43. The van der Waals surface area contributed by atoms with Crippen molar-refractivity contribution in [3.8, 4) is 0 Å². The molecule has 1 aromatic rings. The van der Waals surface area contributed by atoms with E-state index in [9.17, 15) is 0 Å². The average molecular weight is 235 g/mol. The second-order valence-electron chi connectivity index (χ2n) is 4.84. The lowest BCUT2D eigenvalue weighted by Crippen LogP contribution is -2.30. The Morgan fingerprint density at radius 3 is 2.88 bits per heavy atom. The summed E-state index contributed by atoms with van der Waals surface area (Å²) in [5.41, 5.74) is 4.26. The van der Waals surface area contributed by atoms with Gasteiger partial charge in [-0.2, -0.15) is 11.8 Å². The van der Waals surface area contributed by atoms with Gasteiger partial charge in [0.1, 0.15) is 0 Å². The highest BCUT2D eigenvalue weighted by molar-refractivity contribution is 7.99. The normalized spacial score (nSPS) is 26.4. The molecule has 2 unspecified atom stereocenters.